The Balaban J connectivity index is 1.60. The topological polar surface area (TPSA) is 66.5 Å². The summed E-state index contributed by atoms with van der Waals surface area (Å²) in [6, 6.07) is 28.3. The molecule has 0 aliphatic rings. The van der Waals surface area contributed by atoms with E-state index in [2.05, 4.69) is 11.9 Å². The van der Waals surface area contributed by atoms with Crippen LogP contribution in [-0.4, -0.2) is 20.9 Å². The number of nitrogens with one attached hydrogen (secondary N) is 1. The third-order valence-corrected chi connectivity index (χ3v) is 6.89. The summed E-state index contributed by atoms with van der Waals surface area (Å²) >= 11 is 0. The molecule has 0 saturated heterocycles. The van der Waals surface area contributed by atoms with Crippen LogP contribution in [0.5, 0.6) is 0 Å². The standard InChI is InChI=1S/C26H22N2O3S/c1-2-19-28(32(30,31)23-11-4-3-5-12-23)22-17-15-21(16-18-22)26(29)27-25-14-8-10-20-9-6-7-13-24(20)25/h2-18H,1,19H2,(H,27,29). The average molecular weight is 443 g/mol. The Kier molecular flexibility index (Phi) is 6.05. The molecule has 4 aromatic carbocycles. The predicted octanol–water partition coefficient (Wildman–Crippen LogP) is 5.47. The van der Waals surface area contributed by atoms with Crippen LogP contribution >= 0.6 is 0 Å². The van der Waals surface area contributed by atoms with Gasteiger partial charge in [0.1, 0.15) is 0 Å². The third kappa shape index (κ3) is 4.26. The molecule has 32 heavy (non-hydrogen) atoms. The van der Waals surface area contributed by atoms with E-state index in [4.69, 9.17) is 0 Å². The quantitative estimate of drug-likeness (QED) is 0.386. The van der Waals surface area contributed by atoms with Crippen molar-refractivity contribution in [1.82, 2.24) is 0 Å². The van der Waals surface area contributed by atoms with Crippen molar-refractivity contribution in [3.05, 3.63) is 115 Å². The Bertz CT molecular complexity index is 1360. The maximum atomic E-state index is 13.1. The molecule has 0 aromatic heterocycles. The number of carbonyl (C=O) groups is 1. The fourth-order valence-electron chi connectivity index (χ4n) is 3.49. The van der Waals surface area contributed by atoms with Crippen LogP contribution in [0.1, 0.15) is 10.4 Å². The van der Waals surface area contributed by atoms with Crippen molar-refractivity contribution in [2.45, 2.75) is 4.90 Å². The Hall–Kier alpha value is -3.90. The van der Waals surface area contributed by atoms with Gasteiger partial charge in [-0.05, 0) is 47.9 Å². The Morgan fingerprint density at radius 2 is 1.50 bits per heavy atom. The summed E-state index contributed by atoms with van der Waals surface area (Å²) in [5.41, 5.74) is 1.60. The van der Waals surface area contributed by atoms with Crippen molar-refractivity contribution in [2.24, 2.45) is 0 Å². The van der Waals surface area contributed by atoms with Gasteiger partial charge in [0.05, 0.1) is 17.1 Å². The lowest BCUT2D eigenvalue weighted by Crippen LogP contribution is -2.31. The van der Waals surface area contributed by atoms with Crippen LogP contribution in [0, 0.1) is 0 Å². The first-order valence-corrected chi connectivity index (χ1v) is 11.5. The second-order valence-electron chi connectivity index (χ2n) is 7.17. The SMILES string of the molecule is C=CCN(c1ccc(C(=O)Nc2cccc3ccccc23)cc1)S(=O)(=O)c1ccccc1. The normalized spacial score (nSPS) is 11.1. The van der Waals surface area contributed by atoms with Gasteiger partial charge in [-0.25, -0.2) is 8.42 Å². The van der Waals surface area contributed by atoms with E-state index in [1.165, 1.54) is 10.4 Å². The number of carbonyl (C=O) groups excluding carboxylic acids is 1. The van der Waals surface area contributed by atoms with Gasteiger partial charge in [-0.1, -0.05) is 60.7 Å². The number of hydrogen-bond donors (Lipinski definition) is 1. The van der Waals surface area contributed by atoms with Crippen molar-refractivity contribution in [1.29, 1.82) is 0 Å². The number of hydrogen-bond acceptors (Lipinski definition) is 3. The van der Waals surface area contributed by atoms with Crippen LogP contribution in [0.4, 0.5) is 11.4 Å². The van der Waals surface area contributed by atoms with Gasteiger partial charge in [-0.15, -0.1) is 6.58 Å². The highest BCUT2D eigenvalue weighted by Gasteiger charge is 2.24. The van der Waals surface area contributed by atoms with Gasteiger partial charge in [0.15, 0.2) is 0 Å². The zero-order valence-corrected chi connectivity index (χ0v) is 18.1. The molecule has 0 aliphatic carbocycles. The number of nitrogens with zero attached hydrogens (tertiary/aromatic N) is 1. The molecule has 0 fully saturated rings. The van der Waals surface area contributed by atoms with E-state index in [1.54, 1.807) is 54.6 Å². The smallest absolute Gasteiger partial charge is 0.264 e. The average Bonchev–Trinajstić information content (AvgIpc) is 2.83. The van der Waals surface area contributed by atoms with Crippen LogP contribution in [-0.2, 0) is 10.0 Å². The third-order valence-electron chi connectivity index (χ3n) is 5.08. The minimum atomic E-state index is -3.76. The molecule has 0 spiro atoms. The maximum absolute atomic E-state index is 13.1. The first-order valence-electron chi connectivity index (χ1n) is 10.1. The molecule has 0 heterocycles. The number of rotatable bonds is 7. The molecule has 6 heteroatoms. The van der Waals surface area contributed by atoms with Gasteiger partial charge in [-0.2, -0.15) is 0 Å². The molecule has 0 radical (unpaired) electrons. The molecule has 1 N–H and O–H groups in total. The van der Waals surface area contributed by atoms with E-state index in [1.807, 2.05) is 42.5 Å². The van der Waals surface area contributed by atoms with Gasteiger partial charge in [0.25, 0.3) is 15.9 Å². The van der Waals surface area contributed by atoms with Crippen molar-refractivity contribution in [3.8, 4) is 0 Å². The largest absolute Gasteiger partial charge is 0.321 e. The molecule has 4 rings (SSSR count). The van der Waals surface area contributed by atoms with Crippen LogP contribution in [0.2, 0.25) is 0 Å². The van der Waals surface area contributed by atoms with E-state index in [-0.39, 0.29) is 17.3 Å². The zero-order chi connectivity index (χ0) is 22.6. The van der Waals surface area contributed by atoms with Crippen molar-refractivity contribution in [2.75, 3.05) is 16.2 Å². The van der Waals surface area contributed by atoms with E-state index in [0.29, 0.717) is 11.3 Å². The number of fused-ring (bicyclic) bond motifs is 1. The first kappa shape index (κ1) is 21.3. The number of benzene rings is 4. The van der Waals surface area contributed by atoms with E-state index < -0.39 is 10.0 Å². The fourth-order valence-corrected chi connectivity index (χ4v) is 4.94. The van der Waals surface area contributed by atoms with E-state index in [0.717, 1.165) is 16.5 Å². The van der Waals surface area contributed by atoms with Crippen molar-refractivity contribution < 1.29 is 13.2 Å². The van der Waals surface area contributed by atoms with Crippen molar-refractivity contribution >= 4 is 38.1 Å². The molecule has 4 aromatic rings. The molecule has 0 atom stereocenters. The molecule has 0 aliphatic heterocycles. The van der Waals surface area contributed by atoms with Gasteiger partial charge in [0, 0.05) is 16.6 Å². The summed E-state index contributed by atoms with van der Waals surface area (Å²) < 4.78 is 27.5. The number of anilines is 2. The summed E-state index contributed by atoms with van der Waals surface area (Å²) in [7, 11) is -3.76. The summed E-state index contributed by atoms with van der Waals surface area (Å²) in [6.07, 6.45) is 1.53. The van der Waals surface area contributed by atoms with Crippen LogP contribution in [0.25, 0.3) is 10.8 Å². The molecule has 0 bridgehead atoms. The number of sulfonamides is 1. The summed E-state index contributed by atoms with van der Waals surface area (Å²) in [6.45, 7) is 3.79. The highest BCUT2D eigenvalue weighted by molar-refractivity contribution is 7.92. The maximum Gasteiger partial charge on any atom is 0.264 e. The second-order valence-corrected chi connectivity index (χ2v) is 9.03. The Labute approximate surface area is 187 Å². The van der Waals surface area contributed by atoms with Crippen LogP contribution in [0.15, 0.2) is 115 Å². The Morgan fingerprint density at radius 3 is 2.22 bits per heavy atom. The van der Waals surface area contributed by atoms with E-state index >= 15 is 0 Å². The molecular formula is C26H22N2O3S. The lowest BCUT2D eigenvalue weighted by Gasteiger charge is -2.23. The summed E-state index contributed by atoms with van der Waals surface area (Å²) in [5, 5.41) is 4.93. The lowest BCUT2D eigenvalue weighted by molar-refractivity contribution is 0.102. The van der Waals surface area contributed by atoms with Crippen LogP contribution < -0.4 is 9.62 Å². The highest BCUT2D eigenvalue weighted by atomic mass is 32.2. The van der Waals surface area contributed by atoms with Gasteiger partial charge in [-0.3, -0.25) is 9.10 Å². The zero-order valence-electron chi connectivity index (χ0n) is 17.3. The Morgan fingerprint density at radius 1 is 0.844 bits per heavy atom. The minimum absolute atomic E-state index is 0.110. The van der Waals surface area contributed by atoms with Crippen LogP contribution in [0.3, 0.4) is 0 Å². The highest BCUT2D eigenvalue weighted by Crippen LogP contribution is 2.26. The number of amides is 1. The van der Waals surface area contributed by atoms with Gasteiger partial charge < -0.3 is 5.32 Å². The lowest BCUT2D eigenvalue weighted by atomic mass is 10.1. The summed E-state index contributed by atoms with van der Waals surface area (Å²) in [4.78, 5) is 13.0. The minimum Gasteiger partial charge on any atom is -0.321 e. The molecule has 0 saturated carbocycles. The van der Waals surface area contributed by atoms with Crippen molar-refractivity contribution in [3.63, 3.8) is 0 Å². The molecule has 1 amide bonds. The monoisotopic (exact) mass is 442 g/mol. The fraction of sp³-hybridized carbons (Fsp3) is 0.0385. The summed E-state index contributed by atoms with van der Waals surface area (Å²) in [5.74, 6) is -0.269. The van der Waals surface area contributed by atoms with Gasteiger partial charge >= 0.3 is 0 Å². The predicted molar refractivity (Wildman–Crippen MR) is 130 cm³/mol. The first-order chi connectivity index (χ1) is 15.5. The van der Waals surface area contributed by atoms with E-state index in [9.17, 15) is 13.2 Å². The molecular weight excluding hydrogens is 420 g/mol. The molecule has 0 unspecified atom stereocenters. The molecule has 5 nitrogen and oxygen atoms in total. The van der Waals surface area contributed by atoms with Gasteiger partial charge in [0.2, 0.25) is 0 Å². The second kappa shape index (κ2) is 9.08. The molecule has 160 valence electrons.